The van der Waals surface area contributed by atoms with Crippen molar-refractivity contribution in [3.8, 4) is 17.2 Å². The highest BCUT2D eigenvalue weighted by molar-refractivity contribution is 5.97. The summed E-state index contributed by atoms with van der Waals surface area (Å²) < 4.78 is 0. The summed E-state index contributed by atoms with van der Waals surface area (Å²) in [6.07, 6.45) is 0. The van der Waals surface area contributed by atoms with Gasteiger partial charge in [-0.1, -0.05) is 18.2 Å². The lowest BCUT2D eigenvalue weighted by atomic mass is 9.98. The lowest BCUT2D eigenvalue weighted by Gasteiger charge is -2.07. The van der Waals surface area contributed by atoms with Crippen molar-refractivity contribution in [3.05, 3.63) is 57.1 Å². The largest absolute Gasteiger partial charge is 0.358 e. The van der Waals surface area contributed by atoms with Crippen molar-refractivity contribution < 1.29 is 0 Å². The zero-order valence-corrected chi connectivity index (χ0v) is 12.2. The topological polar surface area (TPSA) is 72.4 Å². The summed E-state index contributed by atoms with van der Waals surface area (Å²) in [7, 11) is 0. The van der Waals surface area contributed by atoms with Crippen LogP contribution in [0.25, 0.3) is 22.0 Å². The van der Waals surface area contributed by atoms with Crippen LogP contribution in [0.4, 0.5) is 0 Å². The number of nitrogens with zero attached hydrogens (tertiary/aromatic N) is 1. The molecule has 104 valence electrons. The van der Waals surface area contributed by atoms with Gasteiger partial charge in [-0.05, 0) is 32.4 Å². The maximum absolute atomic E-state index is 12.0. The number of H-pyrrole nitrogens is 2. The van der Waals surface area contributed by atoms with Crippen LogP contribution in [-0.4, -0.2) is 9.97 Å². The number of nitriles is 1. The van der Waals surface area contributed by atoms with Gasteiger partial charge in [0, 0.05) is 27.9 Å². The van der Waals surface area contributed by atoms with E-state index in [9.17, 15) is 10.1 Å². The van der Waals surface area contributed by atoms with Gasteiger partial charge in [0.25, 0.3) is 5.56 Å². The second kappa shape index (κ2) is 4.64. The lowest BCUT2D eigenvalue weighted by Crippen LogP contribution is -2.12. The summed E-state index contributed by atoms with van der Waals surface area (Å²) in [6.45, 7) is 5.90. The van der Waals surface area contributed by atoms with Gasteiger partial charge in [-0.15, -0.1) is 0 Å². The number of aromatic amines is 2. The molecule has 0 amide bonds. The molecule has 3 rings (SSSR count). The van der Waals surface area contributed by atoms with Crippen LogP contribution in [0, 0.1) is 32.1 Å². The third-order valence-electron chi connectivity index (χ3n) is 3.91. The van der Waals surface area contributed by atoms with E-state index < -0.39 is 0 Å². The molecule has 0 spiro atoms. The Labute approximate surface area is 122 Å². The smallest absolute Gasteiger partial charge is 0.266 e. The molecule has 4 nitrogen and oxygen atoms in total. The van der Waals surface area contributed by atoms with Gasteiger partial charge >= 0.3 is 0 Å². The number of hydrogen-bond acceptors (Lipinski definition) is 2. The van der Waals surface area contributed by atoms with Crippen molar-refractivity contribution in [1.82, 2.24) is 9.97 Å². The van der Waals surface area contributed by atoms with E-state index in [0.29, 0.717) is 5.56 Å². The van der Waals surface area contributed by atoms with Crippen molar-refractivity contribution in [2.24, 2.45) is 0 Å². The molecule has 0 atom stereocenters. The number of benzene rings is 1. The van der Waals surface area contributed by atoms with Crippen LogP contribution in [0.2, 0.25) is 0 Å². The highest BCUT2D eigenvalue weighted by Crippen LogP contribution is 2.32. The second-order valence-corrected chi connectivity index (χ2v) is 5.29. The molecule has 2 N–H and O–H groups in total. The quantitative estimate of drug-likeness (QED) is 0.716. The highest BCUT2D eigenvalue weighted by Gasteiger charge is 2.15. The molecule has 0 unspecified atom stereocenters. The third-order valence-corrected chi connectivity index (χ3v) is 3.91. The SMILES string of the molecule is Cc1cc(-c2cccc3c(C)c(C)[nH]c23)c(C#N)c(=O)[nH]1. The Morgan fingerprint density at radius 2 is 1.86 bits per heavy atom. The molecule has 2 aromatic heterocycles. The average molecular weight is 277 g/mol. The summed E-state index contributed by atoms with van der Waals surface area (Å²) in [5.41, 5.74) is 5.35. The van der Waals surface area contributed by atoms with E-state index in [2.05, 4.69) is 16.9 Å². The minimum atomic E-state index is -0.343. The highest BCUT2D eigenvalue weighted by atomic mass is 16.1. The van der Waals surface area contributed by atoms with Crippen LogP contribution in [0.15, 0.2) is 29.1 Å². The minimum Gasteiger partial charge on any atom is -0.358 e. The van der Waals surface area contributed by atoms with Gasteiger partial charge in [-0.3, -0.25) is 4.79 Å². The monoisotopic (exact) mass is 277 g/mol. The van der Waals surface area contributed by atoms with Crippen LogP contribution in [-0.2, 0) is 0 Å². The molecule has 0 bridgehead atoms. The zero-order chi connectivity index (χ0) is 15.1. The Morgan fingerprint density at radius 1 is 1.10 bits per heavy atom. The zero-order valence-electron chi connectivity index (χ0n) is 12.2. The van der Waals surface area contributed by atoms with Crippen LogP contribution < -0.4 is 5.56 Å². The third kappa shape index (κ3) is 1.95. The van der Waals surface area contributed by atoms with E-state index in [1.165, 1.54) is 5.56 Å². The van der Waals surface area contributed by atoms with Crippen molar-refractivity contribution in [2.45, 2.75) is 20.8 Å². The van der Waals surface area contributed by atoms with Gasteiger partial charge in [0.1, 0.15) is 11.6 Å². The predicted octanol–water partition coefficient (Wildman–Crippen LogP) is 3.32. The summed E-state index contributed by atoms with van der Waals surface area (Å²) in [5.74, 6) is 0. The van der Waals surface area contributed by atoms with Crippen molar-refractivity contribution in [1.29, 1.82) is 5.26 Å². The minimum absolute atomic E-state index is 0.151. The summed E-state index contributed by atoms with van der Waals surface area (Å²) in [6, 6.07) is 9.80. The molecular weight excluding hydrogens is 262 g/mol. The number of fused-ring (bicyclic) bond motifs is 1. The van der Waals surface area contributed by atoms with E-state index >= 15 is 0 Å². The Morgan fingerprint density at radius 3 is 2.57 bits per heavy atom. The Balaban J connectivity index is 2.45. The number of aromatic nitrogens is 2. The van der Waals surface area contributed by atoms with E-state index in [0.717, 1.165) is 27.9 Å². The van der Waals surface area contributed by atoms with E-state index in [1.54, 1.807) is 0 Å². The molecule has 4 heteroatoms. The van der Waals surface area contributed by atoms with Crippen LogP contribution >= 0.6 is 0 Å². The molecule has 0 saturated heterocycles. The molecule has 2 heterocycles. The van der Waals surface area contributed by atoms with Gasteiger partial charge in [0.05, 0.1) is 5.52 Å². The van der Waals surface area contributed by atoms with E-state index in [4.69, 9.17) is 0 Å². The summed E-state index contributed by atoms with van der Waals surface area (Å²) in [4.78, 5) is 18.0. The number of nitrogens with one attached hydrogen (secondary N) is 2. The number of para-hydroxylation sites is 1. The standard InChI is InChI=1S/C17H15N3O/c1-9-7-14(15(8-18)17(21)19-9)13-6-4-5-12-10(2)11(3)20-16(12)13/h4-7,20H,1-3H3,(H,19,21). The molecule has 1 aromatic carbocycles. The molecular formula is C17H15N3O. The van der Waals surface area contributed by atoms with Gasteiger partial charge in [0.15, 0.2) is 0 Å². The van der Waals surface area contributed by atoms with Crippen LogP contribution in [0.1, 0.15) is 22.5 Å². The fraction of sp³-hybridized carbons (Fsp3) is 0.176. The molecule has 0 aliphatic heterocycles. The summed E-state index contributed by atoms with van der Waals surface area (Å²) >= 11 is 0. The number of rotatable bonds is 1. The fourth-order valence-corrected chi connectivity index (χ4v) is 2.72. The molecule has 0 aliphatic rings. The van der Waals surface area contributed by atoms with Gasteiger partial charge in [0.2, 0.25) is 0 Å². The maximum atomic E-state index is 12.0. The fourth-order valence-electron chi connectivity index (χ4n) is 2.72. The summed E-state index contributed by atoms with van der Waals surface area (Å²) in [5, 5.41) is 10.4. The molecule has 0 aliphatic carbocycles. The van der Waals surface area contributed by atoms with Gasteiger partial charge < -0.3 is 9.97 Å². The molecule has 3 aromatic rings. The predicted molar refractivity (Wildman–Crippen MR) is 83.3 cm³/mol. The van der Waals surface area contributed by atoms with Crippen molar-refractivity contribution in [2.75, 3.05) is 0 Å². The van der Waals surface area contributed by atoms with Gasteiger partial charge in [-0.25, -0.2) is 0 Å². The Hall–Kier alpha value is -2.80. The Kier molecular flexibility index (Phi) is 2.91. The number of pyridine rings is 1. The van der Waals surface area contributed by atoms with Crippen molar-refractivity contribution in [3.63, 3.8) is 0 Å². The van der Waals surface area contributed by atoms with E-state index in [1.807, 2.05) is 44.2 Å². The van der Waals surface area contributed by atoms with Crippen LogP contribution in [0.5, 0.6) is 0 Å². The first-order valence-electron chi connectivity index (χ1n) is 6.75. The molecule has 0 saturated carbocycles. The first kappa shape index (κ1) is 13.2. The van der Waals surface area contributed by atoms with Crippen LogP contribution in [0.3, 0.4) is 0 Å². The first-order valence-corrected chi connectivity index (χ1v) is 6.75. The van der Waals surface area contributed by atoms with Crippen molar-refractivity contribution >= 4 is 10.9 Å². The molecule has 0 fully saturated rings. The maximum Gasteiger partial charge on any atom is 0.266 e. The number of aryl methyl sites for hydroxylation is 3. The number of hydrogen-bond donors (Lipinski definition) is 2. The van der Waals surface area contributed by atoms with Gasteiger partial charge in [-0.2, -0.15) is 5.26 Å². The van der Waals surface area contributed by atoms with E-state index in [-0.39, 0.29) is 11.1 Å². The first-order chi connectivity index (χ1) is 10.0. The molecule has 21 heavy (non-hydrogen) atoms. The second-order valence-electron chi connectivity index (χ2n) is 5.29. The lowest BCUT2D eigenvalue weighted by molar-refractivity contribution is 1.13. The Bertz CT molecular complexity index is 955. The average Bonchev–Trinajstić information content (AvgIpc) is 2.74. The molecule has 0 radical (unpaired) electrons. The normalized spacial score (nSPS) is 10.8.